The third kappa shape index (κ3) is 5.00. The molecule has 0 spiro atoms. The van der Waals surface area contributed by atoms with Crippen molar-refractivity contribution < 1.29 is 9.47 Å². The first-order chi connectivity index (χ1) is 15.6. The van der Waals surface area contributed by atoms with Crippen molar-refractivity contribution in [2.45, 2.75) is 20.3 Å². The second-order valence-corrected chi connectivity index (χ2v) is 8.40. The summed E-state index contributed by atoms with van der Waals surface area (Å²) in [5, 5.41) is 5.01. The summed E-state index contributed by atoms with van der Waals surface area (Å²) in [7, 11) is 0. The largest absolute Gasteiger partial charge is 0.490 e. The lowest BCUT2D eigenvalue weighted by molar-refractivity contribution is 0.277. The summed E-state index contributed by atoms with van der Waals surface area (Å²) >= 11 is 7.21. The van der Waals surface area contributed by atoms with E-state index in [4.69, 9.17) is 21.1 Å². The maximum absolute atomic E-state index is 12.8. The number of rotatable bonds is 8. The third-order valence-electron chi connectivity index (χ3n) is 4.52. The molecule has 2 aromatic carbocycles. The highest BCUT2D eigenvalue weighted by atomic mass is 35.5. The van der Waals surface area contributed by atoms with Crippen molar-refractivity contribution in [3.63, 3.8) is 0 Å². The zero-order valence-corrected chi connectivity index (χ0v) is 19.3. The van der Waals surface area contributed by atoms with E-state index in [0.717, 1.165) is 17.5 Å². The average molecular weight is 468 g/mol. The maximum atomic E-state index is 12.8. The van der Waals surface area contributed by atoms with Crippen molar-refractivity contribution in [3.8, 4) is 11.5 Å². The van der Waals surface area contributed by atoms with Gasteiger partial charge in [0.2, 0.25) is 4.96 Å². The van der Waals surface area contributed by atoms with Gasteiger partial charge in [0.05, 0.1) is 17.7 Å². The molecule has 0 aliphatic rings. The molecule has 4 rings (SSSR count). The summed E-state index contributed by atoms with van der Waals surface area (Å²) in [5.74, 6) is 1.84. The number of benzene rings is 2. The van der Waals surface area contributed by atoms with Crippen molar-refractivity contribution in [1.82, 2.24) is 14.6 Å². The van der Waals surface area contributed by atoms with Crippen LogP contribution in [0.2, 0.25) is 5.02 Å². The molecule has 0 saturated heterocycles. The maximum Gasteiger partial charge on any atom is 0.291 e. The van der Waals surface area contributed by atoms with Gasteiger partial charge in [-0.05, 0) is 60.9 Å². The fraction of sp³-hybridized carbons (Fsp3) is 0.208. The van der Waals surface area contributed by atoms with Crippen LogP contribution in [0.25, 0.3) is 23.2 Å². The van der Waals surface area contributed by atoms with E-state index in [-0.39, 0.29) is 5.56 Å². The normalized spacial score (nSPS) is 12.2. The van der Waals surface area contributed by atoms with E-state index >= 15 is 0 Å². The highest BCUT2D eigenvalue weighted by molar-refractivity contribution is 7.15. The fourth-order valence-electron chi connectivity index (χ4n) is 3.03. The van der Waals surface area contributed by atoms with Crippen molar-refractivity contribution in [2.75, 3.05) is 13.2 Å². The summed E-state index contributed by atoms with van der Waals surface area (Å²) in [6, 6.07) is 13.1. The van der Waals surface area contributed by atoms with Gasteiger partial charge in [0.25, 0.3) is 5.56 Å². The van der Waals surface area contributed by atoms with E-state index in [1.807, 2.05) is 61.5 Å². The van der Waals surface area contributed by atoms with E-state index < -0.39 is 0 Å². The van der Waals surface area contributed by atoms with Crippen LogP contribution in [-0.4, -0.2) is 27.8 Å². The minimum atomic E-state index is -0.201. The highest BCUT2D eigenvalue weighted by Crippen LogP contribution is 2.29. The van der Waals surface area contributed by atoms with Gasteiger partial charge in [-0.25, -0.2) is 0 Å². The van der Waals surface area contributed by atoms with Crippen LogP contribution in [0.5, 0.6) is 11.5 Å². The summed E-state index contributed by atoms with van der Waals surface area (Å²) in [4.78, 5) is 17.8. The average Bonchev–Trinajstić information content (AvgIpc) is 3.32. The van der Waals surface area contributed by atoms with E-state index in [1.54, 1.807) is 6.08 Å². The van der Waals surface area contributed by atoms with Crippen LogP contribution in [0.1, 0.15) is 37.2 Å². The molecular weight excluding hydrogens is 446 g/mol. The summed E-state index contributed by atoms with van der Waals surface area (Å²) in [5.41, 5.74) is 1.62. The number of aromatic nitrogens is 3. The molecule has 0 unspecified atom stereocenters. The number of ether oxygens (including phenoxy) is 2. The molecule has 164 valence electrons. The molecule has 32 heavy (non-hydrogen) atoms. The summed E-state index contributed by atoms with van der Waals surface area (Å²) in [6.45, 7) is 5.13. The number of hydrogen-bond acceptors (Lipinski definition) is 6. The van der Waals surface area contributed by atoms with Gasteiger partial charge >= 0.3 is 0 Å². The second-order valence-electron chi connectivity index (χ2n) is 6.95. The third-order valence-corrected chi connectivity index (χ3v) is 5.73. The van der Waals surface area contributed by atoms with Gasteiger partial charge in [-0.15, -0.1) is 5.10 Å². The molecule has 0 amide bonds. The molecule has 0 atom stereocenters. The molecule has 0 radical (unpaired) electrons. The van der Waals surface area contributed by atoms with E-state index in [1.165, 1.54) is 15.9 Å². The molecule has 0 saturated carbocycles. The van der Waals surface area contributed by atoms with Gasteiger partial charge in [-0.2, -0.15) is 9.50 Å². The number of halogens is 1. The van der Waals surface area contributed by atoms with Crippen LogP contribution in [0, 0.1) is 0 Å². The van der Waals surface area contributed by atoms with Gasteiger partial charge < -0.3 is 9.47 Å². The van der Waals surface area contributed by atoms with Gasteiger partial charge in [-0.3, -0.25) is 4.79 Å². The van der Waals surface area contributed by atoms with Crippen LogP contribution in [0.15, 0.2) is 47.3 Å². The molecule has 2 heterocycles. The Morgan fingerprint density at radius 2 is 1.81 bits per heavy atom. The van der Waals surface area contributed by atoms with Gasteiger partial charge in [0.15, 0.2) is 17.3 Å². The lowest BCUT2D eigenvalue weighted by Crippen LogP contribution is -2.23. The molecule has 6 nitrogen and oxygen atoms in total. The first-order valence-electron chi connectivity index (χ1n) is 10.3. The number of nitrogens with zero attached hydrogens (tertiary/aromatic N) is 3. The Morgan fingerprint density at radius 1 is 1.03 bits per heavy atom. The minimum Gasteiger partial charge on any atom is -0.490 e. The molecule has 0 fully saturated rings. The molecule has 4 aromatic rings. The first kappa shape index (κ1) is 22.0. The topological polar surface area (TPSA) is 65.7 Å². The van der Waals surface area contributed by atoms with Crippen molar-refractivity contribution in [1.29, 1.82) is 0 Å². The van der Waals surface area contributed by atoms with E-state index in [0.29, 0.717) is 45.1 Å². The Morgan fingerprint density at radius 3 is 2.53 bits per heavy atom. The summed E-state index contributed by atoms with van der Waals surface area (Å²) in [6.07, 6.45) is 6.39. The molecule has 2 aromatic heterocycles. The fourth-order valence-corrected chi connectivity index (χ4v) is 4.07. The molecule has 0 N–H and O–H groups in total. The lowest BCUT2D eigenvalue weighted by atomic mass is 10.2. The predicted octanol–water partition coefficient (Wildman–Crippen LogP) is 4.71. The standard InChI is InChI=1S/C24H22ClN3O3S/c1-3-13-31-19-11-7-17(14-20(19)30-4-2)15-21-23(29)28-24(32-21)26-22(27-28)12-8-16-5-9-18(25)10-6-16/h5-12,14-15H,3-4,13H2,1-2H3. The Bertz CT molecular complexity index is 1360. The first-order valence-corrected chi connectivity index (χ1v) is 11.5. The van der Waals surface area contributed by atoms with Crippen LogP contribution >= 0.6 is 22.9 Å². The Kier molecular flexibility index (Phi) is 6.87. The van der Waals surface area contributed by atoms with Crippen LogP contribution < -0.4 is 19.6 Å². The van der Waals surface area contributed by atoms with Gasteiger partial charge in [0, 0.05) is 5.02 Å². The van der Waals surface area contributed by atoms with Crippen molar-refractivity contribution >= 4 is 46.1 Å². The molecule has 0 aliphatic carbocycles. The lowest BCUT2D eigenvalue weighted by Gasteiger charge is -2.11. The predicted molar refractivity (Wildman–Crippen MR) is 130 cm³/mol. The molecule has 8 heteroatoms. The Balaban J connectivity index is 1.61. The molecule has 0 aliphatic heterocycles. The number of thiazole rings is 1. The smallest absolute Gasteiger partial charge is 0.291 e. The Hall–Kier alpha value is -3.16. The van der Waals surface area contributed by atoms with Crippen LogP contribution in [-0.2, 0) is 0 Å². The number of hydrogen-bond donors (Lipinski definition) is 0. The monoisotopic (exact) mass is 467 g/mol. The Labute approximate surface area is 194 Å². The van der Waals surface area contributed by atoms with Crippen molar-refractivity contribution in [2.24, 2.45) is 0 Å². The number of fused-ring (bicyclic) bond motifs is 1. The van der Waals surface area contributed by atoms with Crippen LogP contribution in [0.4, 0.5) is 0 Å². The molecular formula is C24H22ClN3O3S. The quantitative estimate of drug-likeness (QED) is 0.375. The minimum absolute atomic E-state index is 0.201. The SMILES string of the molecule is CCCOc1ccc(C=c2sc3nc(C=Cc4ccc(Cl)cc4)nn3c2=O)cc1OCC. The molecule has 0 bridgehead atoms. The van der Waals surface area contributed by atoms with Crippen LogP contribution in [0.3, 0.4) is 0 Å². The van der Waals surface area contributed by atoms with Gasteiger partial charge in [-0.1, -0.05) is 54.1 Å². The zero-order chi connectivity index (χ0) is 22.5. The summed E-state index contributed by atoms with van der Waals surface area (Å²) < 4.78 is 13.3. The van der Waals surface area contributed by atoms with Gasteiger partial charge in [0.1, 0.15) is 0 Å². The highest BCUT2D eigenvalue weighted by Gasteiger charge is 2.10. The van der Waals surface area contributed by atoms with E-state index in [2.05, 4.69) is 17.0 Å². The second kappa shape index (κ2) is 9.97. The van der Waals surface area contributed by atoms with Crippen molar-refractivity contribution in [3.05, 3.63) is 79.3 Å². The zero-order valence-electron chi connectivity index (χ0n) is 17.7. The van der Waals surface area contributed by atoms with E-state index in [9.17, 15) is 4.79 Å².